The number of hydrogen-bond acceptors (Lipinski definition) is 2. The van der Waals surface area contributed by atoms with Crippen molar-refractivity contribution in [1.29, 1.82) is 0 Å². The first-order valence-corrected chi connectivity index (χ1v) is 6.22. The van der Waals surface area contributed by atoms with Gasteiger partial charge in [-0.15, -0.1) is 0 Å². The molecular weight excluding hydrogens is 247 g/mol. The first kappa shape index (κ1) is 15.3. The minimum atomic E-state index is -4.30. The second-order valence-corrected chi connectivity index (χ2v) is 5.50. The Morgan fingerprint density at radius 3 is 2.56 bits per heavy atom. The van der Waals surface area contributed by atoms with Crippen molar-refractivity contribution >= 4 is 5.97 Å². The van der Waals surface area contributed by atoms with Gasteiger partial charge in [-0.3, -0.25) is 4.79 Å². The van der Waals surface area contributed by atoms with E-state index in [2.05, 4.69) is 5.32 Å². The lowest BCUT2D eigenvalue weighted by Crippen LogP contribution is -2.57. The second-order valence-electron chi connectivity index (χ2n) is 5.50. The van der Waals surface area contributed by atoms with Gasteiger partial charge in [-0.05, 0) is 31.7 Å². The molecule has 0 aliphatic heterocycles. The highest BCUT2D eigenvalue weighted by atomic mass is 19.4. The number of aliphatic carboxylic acids is 1. The van der Waals surface area contributed by atoms with E-state index in [0.717, 1.165) is 0 Å². The van der Waals surface area contributed by atoms with E-state index in [4.69, 9.17) is 0 Å². The molecule has 1 saturated carbocycles. The van der Waals surface area contributed by atoms with Crippen LogP contribution in [0.1, 0.15) is 39.5 Å². The van der Waals surface area contributed by atoms with E-state index in [1.165, 1.54) is 0 Å². The molecular formula is C12H20F3NO2. The molecule has 0 aromatic heterocycles. The zero-order valence-corrected chi connectivity index (χ0v) is 10.7. The minimum absolute atomic E-state index is 0.0297. The van der Waals surface area contributed by atoms with Crippen LogP contribution in [0.15, 0.2) is 0 Å². The van der Waals surface area contributed by atoms with E-state index in [-0.39, 0.29) is 25.2 Å². The molecule has 0 aromatic carbocycles. The van der Waals surface area contributed by atoms with Crippen molar-refractivity contribution in [3.63, 3.8) is 0 Å². The van der Waals surface area contributed by atoms with Gasteiger partial charge in [0.2, 0.25) is 0 Å². The lowest BCUT2D eigenvalue weighted by molar-refractivity contribution is -0.191. The van der Waals surface area contributed by atoms with Gasteiger partial charge in [0.25, 0.3) is 0 Å². The van der Waals surface area contributed by atoms with Crippen molar-refractivity contribution in [2.75, 3.05) is 6.54 Å². The molecule has 1 fully saturated rings. The maximum atomic E-state index is 12.7. The predicted molar refractivity (Wildman–Crippen MR) is 61.2 cm³/mol. The Morgan fingerprint density at radius 1 is 1.50 bits per heavy atom. The van der Waals surface area contributed by atoms with Crippen LogP contribution < -0.4 is 5.32 Å². The van der Waals surface area contributed by atoms with Gasteiger partial charge in [-0.1, -0.05) is 20.3 Å². The van der Waals surface area contributed by atoms with Crippen LogP contribution in [0.5, 0.6) is 0 Å². The Morgan fingerprint density at radius 2 is 2.11 bits per heavy atom. The molecule has 0 radical (unpaired) electrons. The summed E-state index contributed by atoms with van der Waals surface area (Å²) in [6.07, 6.45) is -4.08. The van der Waals surface area contributed by atoms with Crippen LogP contribution in [0.25, 0.3) is 0 Å². The largest absolute Gasteiger partial charge is 0.480 e. The Kier molecular flexibility index (Phi) is 4.64. The van der Waals surface area contributed by atoms with Crippen molar-refractivity contribution < 1.29 is 23.1 Å². The molecule has 0 saturated heterocycles. The fourth-order valence-corrected chi connectivity index (χ4v) is 2.38. The molecule has 2 unspecified atom stereocenters. The van der Waals surface area contributed by atoms with Crippen LogP contribution in [0, 0.1) is 11.8 Å². The Balaban J connectivity index is 2.81. The SMILES string of the molecule is CC(C)CNC1(C(=O)O)CCCC(C(F)(F)F)C1. The fourth-order valence-electron chi connectivity index (χ4n) is 2.38. The van der Waals surface area contributed by atoms with E-state index < -0.39 is 23.6 Å². The van der Waals surface area contributed by atoms with Gasteiger partial charge in [-0.2, -0.15) is 13.2 Å². The first-order chi connectivity index (χ1) is 8.17. The third-order valence-corrected chi connectivity index (χ3v) is 3.47. The summed E-state index contributed by atoms with van der Waals surface area (Å²) in [4.78, 5) is 11.3. The summed E-state index contributed by atoms with van der Waals surface area (Å²) in [5, 5.41) is 12.1. The average Bonchev–Trinajstić information content (AvgIpc) is 2.25. The maximum Gasteiger partial charge on any atom is 0.391 e. The van der Waals surface area contributed by atoms with Crippen molar-refractivity contribution in [2.24, 2.45) is 11.8 Å². The average molecular weight is 267 g/mol. The van der Waals surface area contributed by atoms with Crippen LogP contribution >= 0.6 is 0 Å². The summed E-state index contributed by atoms with van der Waals surface area (Å²) in [6.45, 7) is 4.20. The Bertz CT molecular complexity index is 304. The number of alkyl halides is 3. The Labute approximate surface area is 105 Å². The normalized spacial score (nSPS) is 29.6. The number of nitrogens with one attached hydrogen (secondary N) is 1. The molecule has 2 N–H and O–H groups in total. The van der Waals surface area contributed by atoms with Gasteiger partial charge in [0.15, 0.2) is 0 Å². The molecule has 2 atom stereocenters. The number of hydrogen-bond donors (Lipinski definition) is 2. The van der Waals surface area contributed by atoms with E-state index in [0.29, 0.717) is 13.0 Å². The molecule has 0 spiro atoms. The zero-order valence-electron chi connectivity index (χ0n) is 10.7. The molecule has 3 nitrogen and oxygen atoms in total. The maximum absolute atomic E-state index is 12.7. The van der Waals surface area contributed by atoms with Crippen molar-refractivity contribution in [3.8, 4) is 0 Å². The smallest absolute Gasteiger partial charge is 0.391 e. The fraction of sp³-hybridized carbons (Fsp3) is 0.917. The van der Waals surface area contributed by atoms with Crippen LogP contribution in [0.2, 0.25) is 0 Å². The van der Waals surface area contributed by atoms with Crippen LogP contribution in [-0.4, -0.2) is 29.3 Å². The van der Waals surface area contributed by atoms with Gasteiger partial charge in [0, 0.05) is 0 Å². The summed E-state index contributed by atoms with van der Waals surface area (Å²) in [5.74, 6) is -2.48. The lowest BCUT2D eigenvalue weighted by Gasteiger charge is -2.39. The van der Waals surface area contributed by atoms with Gasteiger partial charge < -0.3 is 10.4 Å². The Hall–Kier alpha value is -0.780. The molecule has 0 heterocycles. The van der Waals surface area contributed by atoms with Crippen molar-refractivity contribution in [3.05, 3.63) is 0 Å². The molecule has 0 aromatic rings. The minimum Gasteiger partial charge on any atom is -0.480 e. The van der Waals surface area contributed by atoms with Gasteiger partial charge in [0.1, 0.15) is 5.54 Å². The number of rotatable bonds is 4. The number of halogens is 3. The lowest BCUT2D eigenvalue weighted by atomic mass is 9.75. The molecule has 6 heteroatoms. The summed E-state index contributed by atoms with van der Waals surface area (Å²) >= 11 is 0. The number of carbonyl (C=O) groups is 1. The van der Waals surface area contributed by atoms with Crippen LogP contribution in [-0.2, 0) is 4.79 Å². The van der Waals surface area contributed by atoms with E-state index >= 15 is 0 Å². The predicted octanol–water partition coefficient (Wildman–Crippen LogP) is 2.81. The summed E-state index contributed by atoms with van der Waals surface area (Å²) in [6, 6.07) is 0. The second kappa shape index (κ2) is 5.47. The van der Waals surface area contributed by atoms with E-state index in [1.807, 2.05) is 13.8 Å². The van der Waals surface area contributed by atoms with Crippen molar-refractivity contribution in [2.45, 2.75) is 51.2 Å². The van der Waals surface area contributed by atoms with Gasteiger partial charge in [0.05, 0.1) is 5.92 Å². The molecule has 0 amide bonds. The highest BCUT2D eigenvalue weighted by Crippen LogP contribution is 2.41. The molecule has 1 aliphatic rings. The molecule has 1 aliphatic carbocycles. The summed E-state index contributed by atoms with van der Waals surface area (Å²) < 4.78 is 38.2. The standard InChI is InChI=1S/C12H20F3NO2/c1-8(2)7-16-11(10(17)18)5-3-4-9(6-11)12(13,14)15/h8-9,16H,3-7H2,1-2H3,(H,17,18). The summed E-state index contributed by atoms with van der Waals surface area (Å²) in [5.41, 5.74) is -1.41. The number of carboxylic acids is 1. The van der Waals surface area contributed by atoms with E-state index in [9.17, 15) is 23.1 Å². The molecule has 18 heavy (non-hydrogen) atoms. The third-order valence-electron chi connectivity index (χ3n) is 3.47. The topological polar surface area (TPSA) is 49.3 Å². The quantitative estimate of drug-likeness (QED) is 0.823. The van der Waals surface area contributed by atoms with Gasteiger partial charge >= 0.3 is 12.1 Å². The highest BCUT2D eigenvalue weighted by Gasteiger charge is 2.50. The van der Waals surface area contributed by atoms with Crippen LogP contribution in [0.4, 0.5) is 13.2 Å². The van der Waals surface area contributed by atoms with Crippen molar-refractivity contribution in [1.82, 2.24) is 5.32 Å². The number of carboxylic acid groups (broad SMARTS) is 1. The third kappa shape index (κ3) is 3.60. The molecule has 0 bridgehead atoms. The molecule has 1 rings (SSSR count). The van der Waals surface area contributed by atoms with Crippen LogP contribution in [0.3, 0.4) is 0 Å². The highest BCUT2D eigenvalue weighted by molar-refractivity contribution is 5.79. The monoisotopic (exact) mass is 267 g/mol. The van der Waals surface area contributed by atoms with Gasteiger partial charge in [-0.25, -0.2) is 0 Å². The van der Waals surface area contributed by atoms with E-state index in [1.54, 1.807) is 0 Å². The molecule has 106 valence electrons. The zero-order chi connectivity index (χ0) is 14.0. The summed E-state index contributed by atoms with van der Waals surface area (Å²) in [7, 11) is 0. The first-order valence-electron chi connectivity index (χ1n) is 6.22.